The third-order valence-corrected chi connectivity index (χ3v) is 3.88. The molecule has 2 heterocycles. The number of carbonyl (C=O) groups excluding carboxylic acids is 1. The fourth-order valence-electron chi connectivity index (χ4n) is 3.09. The number of nitrogens with one attached hydrogen (secondary N) is 1. The Morgan fingerprint density at radius 1 is 1.33 bits per heavy atom. The first-order valence-corrected chi connectivity index (χ1v) is 6.05. The second-order valence-corrected chi connectivity index (χ2v) is 4.87. The number of hydrogen-bond donors (Lipinski definition) is 1. The molecule has 1 amide bonds. The normalized spacial score (nSPS) is 39.6. The van der Waals surface area contributed by atoms with Gasteiger partial charge in [0.1, 0.15) is 6.10 Å². The van der Waals surface area contributed by atoms with Gasteiger partial charge in [0.2, 0.25) is 0 Å². The van der Waals surface area contributed by atoms with Crippen LogP contribution in [-0.2, 0) is 4.74 Å². The Bertz CT molecular complexity index is 263. The first kappa shape index (κ1) is 9.46. The van der Waals surface area contributed by atoms with Gasteiger partial charge in [-0.1, -0.05) is 0 Å². The zero-order valence-electron chi connectivity index (χ0n) is 8.95. The topological polar surface area (TPSA) is 41.6 Å². The van der Waals surface area contributed by atoms with E-state index in [-0.39, 0.29) is 12.2 Å². The average molecular weight is 210 g/mol. The van der Waals surface area contributed by atoms with E-state index in [0.717, 1.165) is 25.9 Å². The molecule has 2 aliphatic heterocycles. The van der Waals surface area contributed by atoms with Crippen LogP contribution in [0, 0.1) is 0 Å². The van der Waals surface area contributed by atoms with Crippen LogP contribution in [0.25, 0.3) is 0 Å². The highest BCUT2D eigenvalue weighted by molar-refractivity contribution is 5.71. The van der Waals surface area contributed by atoms with Gasteiger partial charge in [0, 0.05) is 12.6 Å². The molecule has 4 heteroatoms. The van der Waals surface area contributed by atoms with Crippen molar-refractivity contribution in [3.05, 3.63) is 0 Å². The lowest BCUT2D eigenvalue weighted by atomic mass is 10.1. The van der Waals surface area contributed by atoms with Crippen LogP contribution in [0.3, 0.4) is 0 Å². The van der Waals surface area contributed by atoms with Crippen LogP contribution >= 0.6 is 0 Å². The second kappa shape index (κ2) is 3.67. The lowest BCUT2D eigenvalue weighted by Gasteiger charge is -2.23. The Kier molecular flexibility index (Phi) is 2.31. The summed E-state index contributed by atoms with van der Waals surface area (Å²) in [6, 6.07) is 0.872. The van der Waals surface area contributed by atoms with Crippen LogP contribution < -0.4 is 5.32 Å². The fraction of sp³-hybridized carbons (Fsp3) is 0.909. The third-order valence-electron chi connectivity index (χ3n) is 3.88. The number of nitrogens with zero attached hydrogens (tertiary/aromatic N) is 1. The molecule has 3 rings (SSSR count). The number of fused-ring (bicyclic) bond motifs is 1. The minimum Gasteiger partial charge on any atom is -0.444 e. The molecule has 3 aliphatic rings. The van der Waals surface area contributed by atoms with Gasteiger partial charge in [0.15, 0.2) is 0 Å². The van der Waals surface area contributed by atoms with Crippen LogP contribution in [0.2, 0.25) is 0 Å². The van der Waals surface area contributed by atoms with Crippen LogP contribution in [-0.4, -0.2) is 42.3 Å². The van der Waals surface area contributed by atoms with Crippen molar-refractivity contribution >= 4 is 6.09 Å². The molecule has 2 saturated heterocycles. The smallest absolute Gasteiger partial charge is 0.410 e. The molecular weight excluding hydrogens is 192 g/mol. The number of ether oxygens (including phenoxy) is 1. The summed E-state index contributed by atoms with van der Waals surface area (Å²) in [6.07, 6.45) is 5.94. The van der Waals surface area contributed by atoms with Gasteiger partial charge in [-0.05, 0) is 38.6 Å². The molecule has 4 nitrogen and oxygen atoms in total. The van der Waals surface area contributed by atoms with Gasteiger partial charge in [0.05, 0.1) is 6.04 Å². The minimum absolute atomic E-state index is 0.0848. The molecule has 0 spiro atoms. The van der Waals surface area contributed by atoms with Crippen LogP contribution in [0.4, 0.5) is 4.79 Å². The van der Waals surface area contributed by atoms with Gasteiger partial charge in [-0.2, -0.15) is 0 Å². The zero-order chi connectivity index (χ0) is 10.3. The van der Waals surface area contributed by atoms with Crippen molar-refractivity contribution in [2.24, 2.45) is 0 Å². The van der Waals surface area contributed by atoms with Crippen LogP contribution in [0.1, 0.15) is 32.1 Å². The van der Waals surface area contributed by atoms with Gasteiger partial charge in [0.25, 0.3) is 0 Å². The molecule has 1 aliphatic carbocycles. The molecule has 0 aromatic heterocycles. The lowest BCUT2D eigenvalue weighted by Crippen LogP contribution is -2.42. The van der Waals surface area contributed by atoms with Crippen LogP contribution in [0.5, 0.6) is 0 Å². The van der Waals surface area contributed by atoms with Gasteiger partial charge < -0.3 is 10.1 Å². The van der Waals surface area contributed by atoms with E-state index >= 15 is 0 Å². The Morgan fingerprint density at radius 3 is 3.07 bits per heavy atom. The first-order chi connectivity index (χ1) is 7.34. The fourth-order valence-corrected chi connectivity index (χ4v) is 3.09. The van der Waals surface area contributed by atoms with E-state index in [0.29, 0.717) is 12.1 Å². The highest BCUT2D eigenvalue weighted by Gasteiger charge is 2.45. The molecule has 3 unspecified atom stereocenters. The number of rotatable bonds is 2. The Labute approximate surface area is 90.0 Å². The van der Waals surface area contributed by atoms with Crippen molar-refractivity contribution in [1.29, 1.82) is 0 Å². The Morgan fingerprint density at radius 2 is 2.27 bits per heavy atom. The summed E-state index contributed by atoms with van der Waals surface area (Å²) in [5, 5.41) is 3.43. The maximum absolute atomic E-state index is 11.7. The highest BCUT2D eigenvalue weighted by Crippen LogP contribution is 2.33. The molecule has 15 heavy (non-hydrogen) atoms. The zero-order valence-corrected chi connectivity index (χ0v) is 8.95. The maximum Gasteiger partial charge on any atom is 0.410 e. The summed E-state index contributed by atoms with van der Waals surface area (Å²) in [5.41, 5.74) is 0. The minimum atomic E-state index is -0.0848. The van der Waals surface area contributed by atoms with Gasteiger partial charge in [-0.3, -0.25) is 4.90 Å². The van der Waals surface area contributed by atoms with E-state index in [2.05, 4.69) is 5.32 Å². The molecule has 1 saturated carbocycles. The second-order valence-electron chi connectivity index (χ2n) is 4.87. The predicted octanol–water partition coefficient (Wildman–Crippen LogP) is 1.11. The largest absolute Gasteiger partial charge is 0.444 e. The molecule has 1 N–H and O–H groups in total. The first-order valence-electron chi connectivity index (χ1n) is 6.05. The molecule has 0 aromatic rings. The summed E-state index contributed by atoms with van der Waals surface area (Å²) < 4.78 is 5.37. The molecule has 0 aromatic carbocycles. The quantitative estimate of drug-likeness (QED) is 0.742. The van der Waals surface area contributed by atoms with E-state index in [9.17, 15) is 4.79 Å². The van der Waals surface area contributed by atoms with Gasteiger partial charge in [-0.15, -0.1) is 0 Å². The lowest BCUT2D eigenvalue weighted by molar-refractivity contribution is 0.130. The van der Waals surface area contributed by atoms with E-state index in [1.807, 2.05) is 4.90 Å². The predicted molar refractivity (Wildman–Crippen MR) is 55.6 cm³/mol. The standard InChI is InChI=1S/C11H18N2O2/c14-11-13(7-8-3-2-6-12-8)9-4-1-5-10(9)15-11/h8-10,12H,1-7H2. The van der Waals surface area contributed by atoms with Gasteiger partial charge in [-0.25, -0.2) is 4.79 Å². The molecule has 0 radical (unpaired) electrons. The van der Waals surface area contributed by atoms with E-state index in [4.69, 9.17) is 4.74 Å². The molecule has 84 valence electrons. The SMILES string of the molecule is O=C1OC2CCCC2N1CC1CCCN1. The van der Waals surface area contributed by atoms with Crippen LogP contribution in [0.15, 0.2) is 0 Å². The summed E-state index contributed by atoms with van der Waals surface area (Å²) in [5.74, 6) is 0. The van der Waals surface area contributed by atoms with Crippen molar-refractivity contribution in [1.82, 2.24) is 10.2 Å². The number of carbonyl (C=O) groups is 1. The third kappa shape index (κ3) is 1.61. The van der Waals surface area contributed by atoms with E-state index in [1.54, 1.807) is 0 Å². The Balaban J connectivity index is 1.65. The highest BCUT2D eigenvalue weighted by atomic mass is 16.6. The van der Waals surface area contributed by atoms with Crippen molar-refractivity contribution in [2.45, 2.75) is 50.3 Å². The monoisotopic (exact) mass is 210 g/mol. The van der Waals surface area contributed by atoms with E-state index in [1.165, 1.54) is 19.3 Å². The number of hydrogen-bond acceptors (Lipinski definition) is 3. The van der Waals surface area contributed by atoms with Gasteiger partial charge >= 0.3 is 6.09 Å². The summed E-state index contributed by atoms with van der Waals surface area (Å²) >= 11 is 0. The molecular formula is C11H18N2O2. The summed E-state index contributed by atoms with van der Waals surface area (Å²) in [7, 11) is 0. The van der Waals surface area contributed by atoms with Crippen molar-refractivity contribution in [3.63, 3.8) is 0 Å². The molecule has 3 atom stereocenters. The van der Waals surface area contributed by atoms with Crippen molar-refractivity contribution in [3.8, 4) is 0 Å². The Hall–Kier alpha value is -0.770. The summed E-state index contributed by atoms with van der Waals surface area (Å²) in [4.78, 5) is 13.6. The molecule has 3 fully saturated rings. The maximum atomic E-state index is 11.7. The number of amides is 1. The van der Waals surface area contributed by atoms with E-state index < -0.39 is 0 Å². The molecule has 0 bridgehead atoms. The average Bonchev–Trinajstić information content (AvgIpc) is 2.86. The van der Waals surface area contributed by atoms with Crippen molar-refractivity contribution < 1.29 is 9.53 Å². The van der Waals surface area contributed by atoms with Crippen molar-refractivity contribution in [2.75, 3.05) is 13.1 Å². The summed E-state index contributed by atoms with van der Waals surface area (Å²) in [6.45, 7) is 1.95.